The quantitative estimate of drug-likeness (QED) is 0.210. The van der Waals surface area contributed by atoms with Crippen LogP contribution in [0.15, 0.2) is 78.4 Å². The van der Waals surface area contributed by atoms with Gasteiger partial charge in [-0.2, -0.15) is 0 Å². The summed E-state index contributed by atoms with van der Waals surface area (Å²) in [5, 5.41) is 20.5. The zero-order valence-electron chi connectivity index (χ0n) is 20.9. The van der Waals surface area contributed by atoms with Crippen molar-refractivity contribution in [3.8, 4) is 17.2 Å². The number of Topliss-reactive ketones (excluding diaryl/α,β-unsaturated/α-hetero) is 1. The van der Waals surface area contributed by atoms with E-state index < -0.39 is 17.7 Å². The number of ketones is 1. The van der Waals surface area contributed by atoms with E-state index >= 15 is 0 Å². The van der Waals surface area contributed by atoms with E-state index in [4.69, 9.17) is 14.2 Å². The van der Waals surface area contributed by atoms with Crippen molar-refractivity contribution in [1.29, 1.82) is 0 Å². The summed E-state index contributed by atoms with van der Waals surface area (Å²) in [7, 11) is 0. The lowest BCUT2D eigenvalue weighted by atomic mass is 9.95. The molecule has 0 spiro atoms. The molecule has 4 aromatic rings. The summed E-state index contributed by atoms with van der Waals surface area (Å²) in [5.74, 6) is -0.299. The summed E-state index contributed by atoms with van der Waals surface area (Å²) >= 11 is 1.19. The topological polar surface area (TPSA) is 111 Å². The maximum Gasteiger partial charge on any atom is 0.301 e. The second-order valence-electron chi connectivity index (χ2n) is 8.97. The molecule has 10 heteroatoms. The molecule has 1 saturated heterocycles. The summed E-state index contributed by atoms with van der Waals surface area (Å²) in [6.07, 6.45) is 0. The fourth-order valence-electron chi connectivity index (χ4n) is 4.56. The van der Waals surface area contributed by atoms with Gasteiger partial charge in [-0.3, -0.25) is 14.5 Å². The minimum absolute atomic E-state index is 0.0533. The van der Waals surface area contributed by atoms with Crippen LogP contribution in [0, 0.1) is 6.92 Å². The molecule has 39 heavy (non-hydrogen) atoms. The molecule has 0 aliphatic carbocycles. The molecule has 2 aliphatic heterocycles. The first kappa shape index (κ1) is 24.6. The van der Waals surface area contributed by atoms with Crippen LogP contribution in [-0.4, -0.2) is 40.2 Å². The van der Waals surface area contributed by atoms with E-state index in [1.54, 1.807) is 49.4 Å². The van der Waals surface area contributed by atoms with E-state index in [0.717, 1.165) is 5.56 Å². The molecule has 0 bridgehead atoms. The van der Waals surface area contributed by atoms with Gasteiger partial charge in [0, 0.05) is 5.56 Å². The number of anilines is 1. The molecule has 1 amide bonds. The Labute approximate surface area is 227 Å². The molecule has 9 nitrogen and oxygen atoms in total. The Bertz CT molecular complexity index is 1580. The number of aliphatic hydroxyl groups is 1. The highest BCUT2D eigenvalue weighted by molar-refractivity contribution is 7.15. The molecule has 1 aromatic heterocycles. The summed E-state index contributed by atoms with van der Waals surface area (Å²) in [6, 6.07) is 20.9. The normalized spacial score (nSPS) is 17.9. The molecule has 1 atom stereocenters. The van der Waals surface area contributed by atoms with Gasteiger partial charge in [0.1, 0.15) is 36.3 Å². The molecule has 1 N–H and O–H groups in total. The highest BCUT2D eigenvalue weighted by Gasteiger charge is 2.48. The third-order valence-electron chi connectivity index (χ3n) is 6.43. The minimum Gasteiger partial charge on any atom is -0.507 e. The van der Waals surface area contributed by atoms with Crippen LogP contribution in [0.4, 0.5) is 5.13 Å². The fraction of sp³-hybridized carbons (Fsp3) is 0.172. The Hall–Kier alpha value is -4.70. The largest absolute Gasteiger partial charge is 0.507 e. The van der Waals surface area contributed by atoms with Crippen molar-refractivity contribution in [3.05, 3.63) is 100 Å². The van der Waals surface area contributed by atoms with Gasteiger partial charge in [0.2, 0.25) is 5.13 Å². The Morgan fingerprint density at radius 1 is 1.00 bits per heavy atom. The number of carbonyl (C=O) groups excluding carboxylic acids is 2. The molecule has 1 fully saturated rings. The average Bonchev–Trinajstić information content (AvgIpc) is 3.51. The van der Waals surface area contributed by atoms with Gasteiger partial charge in [0.25, 0.3) is 5.78 Å². The van der Waals surface area contributed by atoms with E-state index in [2.05, 4.69) is 10.2 Å². The Kier molecular flexibility index (Phi) is 6.45. The van der Waals surface area contributed by atoms with Crippen LogP contribution in [0.3, 0.4) is 0 Å². The zero-order valence-corrected chi connectivity index (χ0v) is 21.7. The van der Waals surface area contributed by atoms with E-state index in [-0.39, 0.29) is 16.5 Å². The van der Waals surface area contributed by atoms with Gasteiger partial charge in [-0.05, 0) is 48.4 Å². The van der Waals surface area contributed by atoms with Crippen molar-refractivity contribution >= 4 is 33.9 Å². The number of hydrogen-bond donors (Lipinski definition) is 1. The standard InChI is InChI=1S/C29H23N3O6S/c1-17-30-31-29(39-17)32-25(19-7-10-21(11-8-19)38-16-18-5-3-2-4-6-18)24(27(34)28(32)35)26(33)20-9-12-22-23(15-20)37-14-13-36-22/h2-12,15,25,33H,13-14,16H2,1H3/t25-/m0/s1. The van der Waals surface area contributed by atoms with Crippen molar-refractivity contribution in [3.63, 3.8) is 0 Å². The predicted octanol–water partition coefficient (Wildman–Crippen LogP) is 4.82. The molecule has 2 aliphatic rings. The van der Waals surface area contributed by atoms with Crippen LogP contribution < -0.4 is 19.1 Å². The molecule has 3 heterocycles. The van der Waals surface area contributed by atoms with Crippen LogP contribution in [0.2, 0.25) is 0 Å². The number of fused-ring (bicyclic) bond motifs is 1. The van der Waals surface area contributed by atoms with E-state index in [9.17, 15) is 14.7 Å². The highest BCUT2D eigenvalue weighted by Crippen LogP contribution is 2.44. The lowest BCUT2D eigenvalue weighted by molar-refractivity contribution is -0.132. The molecular formula is C29H23N3O6S. The molecular weight excluding hydrogens is 518 g/mol. The van der Waals surface area contributed by atoms with Gasteiger partial charge in [0.15, 0.2) is 11.5 Å². The maximum absolute atomic E-state index is 13.4. The lowest BCUT2D eigenvalue weighted by Gasteiger charge is -2.23. The third-order valence-corrected chi connectivity index (χ3v) is 7.26. The predicted molar refractivity (Wildman–Crippen MR) is 144 cm³/mol. The molecule has 6 rings (SSSR count). The number of ether oxygens (including phenoxy) is 3. The van der Waals surface area contributed by atoms with Crippen LogP contribution in [0.5, 0.6) is 17.2 Å². The minimum atomic E-state index is -0.922. The summed E-state index contributed by atoms with van der Waals surface area (Å²) in [5.41, 5.74) is 1.91. The van der Waals surface area contributed by atoms with Gasteiger partial charge >= 0.3 is 5.91 Å². The number of aromatic nitrogens is 2. The van der Waals surface area contributed by atoms with Crippen molar-refractivity contribution < 1.29 is 28.9 Å². The highest BCUT2D eigenvalue weighted by atomic mass is 32.1. The Morgan fingerprint density at radius 3 is 2.46 bits per heavy atom. The summed E-state index contributed by atoms with van der Waals surface area (Å²) in [6.45, 7) is 2.96. The fourth-order valence-corrected chi connectivity index (χ4v) is 5.28. The number of nitrogens with zero attached hydrogens (tertiary/aromatic N) is 3. The molecule has 3 aromatic carbocycles. The van der Waals surface area contributed by atoms with E-state index in [1.165, 1.54) is 16.2 Å². The Balaban J connectivity index is 1.39. The van der Waals surface area contributed by atoms with Crippen LogP contribution >= 0.6 is 11.3 Å². The number of hydrogen-bond acceptors (Lipinski definition) is 9. The maximum atomic E-state index is 13.4. The van der Waals surface area contributed by atoms with Crippen LogP contribution in [0.25, 0.3) is 5.76 Å². The first-order valence-electron chi connectivity index (χ1n) is 12.3. The first-order chi connectivity index (χ1) is 19.0. The second kappa shape index (κ2) is 10.2. The van der Waals surface area contributed by atoms with Crippen LogP contribution in [0.1, 0.15) is 27.7 Å². The zero-order chi connectivity index (χ0) is 26.9. The summed E-state index contributed by atoms with van der Waals surface area (Å²) < 4.78 is 17.1. The van der Waals surface area contributed by atoms with E-state index in [0.29, 0.717) is 53.2 Å². The average molecular weight is 542 g/mol. The molecule has 196 valence electrons. The number of amides is 1. The van der Waals surface area contributed by atoms with Crippen LogP contribution in [-0.2, 0) is 16.2 Å². The van der Waals surface area contributed by atoms with Gasteiger partial charge in [-0.1, -0.05) is 53.8 Å². The SMILES string of the molecule is Cc1nnc(N2C(=O)C(=O)C(=C(O)c3ccc4c(c3)OCCO4)[C@@H]2c2ccc(OCc3ccccc3)cc2)s1. The van der Waals surface area contributed by atoms with Gasteiger partial charge in [0.05, 0.1) is 11.6 Å². The number of rotatable bonds is 6. The number of aliphatic hydroxyl groups excluding tert-OH is 1. The lowest BCUT2D eigenvalue weighted by Crippen LogP contribution is -2.29. The van der Waals surface area contributed by atoms with Gasteiger partial charge < -0.3 is 19.3 Å². The number of aryl methyl sites for hydroxylation is 1. The second-order valence-corrected chi connectivity index (χ2v) is 10.1. The molecule has 0 saturated carbocycles. The number of carbonyl (C=O) groups is 2. The summed E-state index contributed by atoms with van der Waals surface area (Å²) in [4.78, 5) is 28.0. The molecule has 0 radical (unpaired) electrons. The third kappa shape index (κ3) is 4.70. The van der Waals surface area contributed by atoms with E-state index in [1.807, 2.05) is 30.3 Å². The van der Waals surface area contributed by atoms with Crippen molar-refractivity contribution in [1.82, 2.24) is 10.2 Å². The van der Waals surface area contributed by atoms with Crippen molar-refractivity contribution in [2.24, 2.45) is 0 Å². The Morgan fingerprint density at radius 2 is 1.74 bits per heavy atom. The first-order valence-corrected chi connectivity index (χ1v) is 13.1. The van der Waals surface area contributed by atoms with Crippen molar-refractivity contribution in [2.75, 3.05) is 18.1 Å². The van der Waals surface area contributed by atoms with Gasteiger partial charge in [-0.25, -0.2) is 0 Å². The molecule has 0 unspecified atom stereocenters. The van der Waals surface area contributed by atoms with Gasteiger partial charge in [-0.15, -0.1) is 10.2 Å². The monoisotopic (exact) mass is 541 g/mol. The van der Waals surface area contributed by atoms with Crippen molar-refractivity contribution in [2.45, 2.75) is 19.6 Å². The smallest absolute Gasteiger partial charge is 0.301 e. The number of benzene rings is 3.